The van der Waals surface area contributed by atoms with Gasteiger partial charge in [0.05, 0.1) is 31.0 Å². The van der Waals surface area contributed by atoms with Crippen LogP contribution in [0.15, 0.2) is 60.9 Å². The third-order valence-corrected chi connectivity index (χ3v) is 6.28. The lowest BCUT2D eigenvalue weighted by Crippen LogP contribution is -2.49. The van der Waals surface area contributed by atoms with Crippen molar-refractivity contribution in [1.29, 1.82) is 0 Å². The van der Waals surface area contributed by atoms with E-state index in [1.54, 1.807) is 64.7 Å². The highest BCUT2D eigenvalue weighted by atomic mass is 16.5. The molecule has 3 amide bonds. The number of ether oxygens (including phenoxy) is 2. The van der Waals surface area contributed by atoms with Crippen molar-refractivity contribution in [3.05, 3.63) is 83.2 Å². The van der Waals surface area contributed by atoms with Gasteiger partial charge in [-0.3, -0.25) is 24.3 Å². The van der Waals surface area contributed by atoms with Crippen molar-refractivity contribution in [1.82, 2.24) is 15.2 Å². The van der Waals surface area contributed by atoms with E-state index in [4.69, 9.17) is 9.47 Å². The first-order valence-electron chi connectivity index (χ1n) is 11.2. The highest BCUT2D eigenvalue weighted by molar-refractivity contribution is 6.18. The molecule has 9 heteroatoms. The Bertz CT molecular complexity index is 1310. The van der Waals surface area contributed by atoms with Gasteiger partial charge in [-0.25, -0.2) is 0 Å². The topological polar surface area (TPSA) is 101 Å². The monoisotopic (exact) mass is 472 g/mol. The van der Waals surface area contributed by atoms with Crippen LogP contribution in [0.5, 0.6) is 11.5 Å². The Morgan fingerprint density at radius 3 is 2.60 bits per heavy atom. The zero-order chi connectivity index (χ0) is 24.5. The fraction of sp³-hybridized carbons (Fsp3) is 0.231. The lowest BCUT2D eigenvalue weighted by atomic mass is 10.0. The Morgan fingerprint density at radius 2 is 1.86 bits per heavy atom. The van der Waals surface area contributed by atoms with Gasteiger partial charge < -0.3 is 19.7 Å². The number of carbonyl (C=O) groups excluding carboxylic acids is 3. The molecule has 0 aliphatic carbocycles. The first kappa shape index (κ1) is 22.4. The van der Waals surface area contributed by atoms with Crippen LogP contribution in [0.1, 0.15) is 44.4 Å². The van der Waals surface area contributed by atoms with Gasteiger partial charge in [0, 0.05) is 37.5 Å². The summed E-state index contributed by atoms with van der Waals surface area (Å²) in [5.74, 6) is 0.0249. The molecule has 2 aliphatic heterocycles. The first-order valence-corrected chi connectivity index (χ1v) is 11.2. The van der Waals surface area contributed by atoms with Crippen molar-refractivity contribution in [3.8, 4) is 11.5 Å². The van der Waals surface area contributed by atoms with Crippen LogP contribution >= 0.6 is 0 Å². The Hall–Kier alpha value is -4.40. The average molecular weight is 473 g/mol. The lowest BCUT2D eigenvalue weighted by molar-refractivity contribution is -0.121. The fourth-order valence-electron chi connectivity index (χ4n) is 4.66. The number of rotatable bonds is 7. The second-order valence-corrected chi connectivity index (χ2v) is 8.22. The van der Waals surface area contributed by atoms with E-state index in [2.05, 4.69) is 10.3 Å². The molecule has 0 fully saturated rings. The van der Waals surface area contributed by atoms with Crippen molar-refractivity contribution in [2.75, 3.05) is 25.7 Å². The molecule has 0 saturated heterocycles. The summed E-state index contributed by atoms with van der Waals surface area (Å²) < 4.78 is 10.9. The Morgan fingerprint density at radius 1 is 1.03 bits per heavy atom. The number of hydrogen-bond donors (Lipinski definition) is 1. The van der Waals surface area contributed by atoms with Gasteiger partial charge in [-0.15, -0.1) is 0 Å². The smallest absolute Gasteiger partial charge is 0.264 e. The minimum absolute atomic E-state index is 0.0787. The van der Waals surface area contributed by atoms with Crippen molar-refractivity contribution in [3.63, 3.8) is 0 Å². The number of fused-ring (bicyclic) bond motifs is 5. The summed E-state index contributed by atoms with van der Waals surface area (Å²) in [5.41, 5.74) is 2.80. The van der Waals surface area contributed by atoms with Gasteiger partial charge in [0.1, 0.15) is 6.17 Å². The van der Waals surface area contributed by atoms with Crippen LogP contribution < -0.4 is 19.7 Å². The number of anilines is 1. The highest BCUT2D eigenvalue weighted by Crippen LogP contribution is 2.49. The number of aromatic nitrogens is 1. The maximum atomic E-state index is 13.7. The predicted octanol–water partition coefficient (Wildman–Crippen LogP) is 2.92. The summed E-state index contributed by atoms with van der Waals surface area (Å²) in [4.78, 5) is 47.0. The standard InChI is InChI=1S/C26H24N4O5/c1-34-20-10-9-18-22(23(20)35-2)26(33)30-19-8-4-3-7-17(19)25(32)29(24(18)30)13-11-21(31)28-15-16-6-5-12-27-14-16/h3-10,12,14,24H,11,13,15H2,1-2H3,(H,28,31)/t24-/m0/s1. The number of pyridine rings is 1. The summed E-state index contributed by atoms with van der Waals surface area (Å²) in [6, 6.07) is 14.2. The fourth-order valence-corrected chi connectivity index (χ4v) is 4.66. The van der Waals surface area contributed by atoms with Gasteiger partial charge >= 0.3 is 0 Å². The Labute approximate surface area is 202 Å². The minimum atomic E-state index is -0.689. The van der Waals surface area contributed by atoms with E-state index >= 15 is 0 Å². The van der Waals surface area contributed by atoms with Crippen molar-refractivity contribution in [2.45, 2.75) is 19.1 Å². The van der Waals surface area contributed by atoms with E-state index in [0.29, 0.717) is 40.4 Å². The molecule has 5 rings (SSSR count). The summed E-state index contributed by atoms with van der Waals surface area (Å²) in [5, 5.41) is 2.86. The van der Waals surface area contributed by atoms with E-state index < -0.39 is 6.17 Å². The predicted molar refractivity (Wildman–Crippen MR) is 127 cm³/mol. The van der Waals surface area contributed by atoms with Crippen LogP contribution in [-0.2, 0) is 11.3 Å². The Kier molecular flexibility index (Phi) is 5.82. The highest BCUT2D eigenvalue weighted by Gasteiger charge is 2.49. The van der Waals surface area contributed by atoms with E-state index in [9.17, 15) is 14.4 Å². The van der Waals surface area contributed by atoms with E-state index in [1.165, 1.54) is 14.2 Å². The number of para-hydroxylation sites is 1. The summed E-state index contributed by atoms with van der Waals surface area (Å²) in [6.45, 7) is 0.478. The van der Waals surface area contributed by atoms with Gasteiger partial charge in [0.15, 0.2) is 11.5 Å². The number of hydrogen-bond acceptors (Lipinski definition) is 6. The normalized spacial score (nSPS) is 15.9. The summed E-state index contributed by atoms with van der Waals surface area (Å²) in [7, 11) is 2.98. The van der Waals surface area contributed by atoms with Gasteiger partial charge in [0.25, 0.3) is 11.8 Å². The van der Waals surface area contributed by atoms with Crippen LogP contribution in [0.25, 0.3) is 0 Å². The first-order chi connectivity index (χ1) is 17.0. The Balaban J connectivity index is 1.46. The molecule has 35 heavy (non-hydrogen) atoms. The second kappa shape index (κ2) is 9.09. The van der Waals surface area contributed by atoms with Gasteiger partial charge in [-0.2, -0.15) is 0 Å². The number of nitrogens with zero attached hydrogens (tertiary/aromatic N) is 3. The molecule has 178 valence electrons. The van der Waals surface area contributed by atoms with E-state index in [0.717, 1.165) is 5.56 Å². The zero-order valence-corrected chi connectivity index (χ0v) is 19.4. The molecule has 1 atom stereocenters. The van der Waals surface area contributed by atoms with E-state index in [1.807, 2.05) is 6.07 Å². The molecule has 0 radical (unpaired) electrons. The molecule has 3 aromatic rings. The molecule has 0 saturated carbocycles. The summed E-state index contributed by atoms with van der Waals surface area (Å²) >= 11 is 0. The zero-order valence-electron chi connectivity index (χ0n) is 19.4. The molecule has 2 aliphatic rings. The van der Waals surface area contributed by atoms with E-state index in [-0.39, 0.29) is 30.7 Å². The van der Waals surface area contributed by atoms with Crippen LogP contribution in [0, 0.1) is 0 Å². The van der Waals surface area contributed by atoms with Crippen LogP contribution in [0.3, 0.4) is 0 Å². The van der Waals surface area contributed by atoms with Crippen molar-refractivity contribution in [2.24, 2.45) is 0 Å². The van der Waals surface area contributed by atoms with Crippen LogP contribution in [0.4, 0.5) is 5.69 Å². The maximum absolute atomic E-state index is 13.7. The molecular formula is C26H24N4O5. The lowest BCUT2D eigenvalue weighted by Gasteiger charge is -2.40. The second-order valence-electron chi connectivity index (χ2n) is 8.22. The molecule has 0 spiro atoms. The van der Waals surface area contributed by atoms with Gasteiger partial charge in [-0.05, 0) is 29.8 Å². The largest absolute Gasteiger partial charge is 0.493 e. The molecule has 0 bridgehead atoms. The number of amides is 3. The minimum Gasteiger partial charge on any atom is -0.493 e. The van der Waals surface area contributed by atoms with Crippen molar-refractivity contribution < 1.29 is 23.9 Å². The molecule has 1 aromatic heterocycles. The van der Waals surface area contributed by atoms with Gasteiger partial charge in [-0.1, -0.05) is 24.3 Å². The molecule has 1 N–H and O–H groups in total. The van der Waals surface area contributed by atoms with Crippen molar-refractivity contribution >= 4 is 23.4 Å². The van der Waals surface area contributed by atoms with Gasteiger partial charge in [0.2, 0.25) is 5.91 Å². The molecule has 2 aromatic carbocycles. The molecule has 0 unspecified atom stereocenters. The van der Waals surface area contributed by atoms with Crippen LogP contribution in [-0.4, -0.2) is 48.4 Å². The third kappa shape index (κ3) is 3.74. The number of benzene rings is 2. The molecule has 9 nitrogen and oxygen atoms in total. The number of carbonyl (C=O) groups is 3. The summed E-state index contributed by atoms with van der Waals surface area (Å²) in [6.07, 6.45) is 2.74. The quantitative estimate of drug-likeness (QED) is 0.568. The molecule has 3 heterocycles. The average Bonchev–Trinajstić information content (AvgIpc) is 3.19. The SMILES string of the molecule is COc1ccc2c(c1OC)C(=O)N1c3ccccc3C(=O)N(CCC(=O)NCc3cccnc3)[C@H]21. The molecular weight excluding hydrogens is 448 g/mol. The number of nitrogens with one attached hydrogen (secondary N) is 1. The van der Waals surface area contributed by atoms with Crippen LogP contribution in [0.2, 0.25) is 0 Å². The third-order valence-electron chi connectivity index (χ3n) is 6.28. The maximum Gasteiger partial charge on any atom is 0.264 e. The number of methoxy groups -OCH3 is 2.